The molecule has 8 heteroatoms. The molecule has 0 saturated heterocycles. The summed E-state index contributed by atoms with van der Waals surface area (Å²) in [4.78, 5) is 21.3. The van der Waals surface area contributed by atoms with Gasteiger partial charge < -0.3 is 0 Å². The molecule has 170 valence electrons. The number of thiophene rings is 1. The lowest BCUT2D eigenvalue weighted by Gasteiger charge is -2.11. The van der Waals surface area contributed by atoms with Gasteiger partial charge in [-0.05, 0) is 68.0 Å². The monoisotopic (exact) mass is 504 g/mol. The minimum absolute atomic E-state index is 0.0841. The number of halogens is 1. The molecule has 0 bridgehead atoms. The van der Waals surface area contributed by atoms with Gasteiger partial charge in [-0.1, -0.05) is 41.9 Å². The molecule has 1 aliphatic rings. The van der Waals surface area contributed by atoms with Gasteiger partial charge in [0.2, 0.25) is 4.80 Å². The molecule has 3 aromatic heterocycles. The van der Waals surface area contributed by atoms with E-state index in [4.69, 9.17) is 21.7 Å². The Balaban J connectivity index is 1.62. The van der Waals surface area contributed by atoms with Crippen molar-refractivity contribution in [2.24, 2.45) is 5.10 Å². The van der Waals surface area contributed by atoms with Crippen LogP contribution in [0.1, 0.15) is 29.1 Å². The second kappa shape index (κ2) is 8.65. The summed E-state index contributed by atoms with van der Waals surface area (Å²) in [6.45, 7) is 1.85. The van der Waals surface area contributed by atoms with Crippen LogP contribution in [-0.4, -0.2) is 14.2 Å². The normalized spacial score (nSPS) is 14.0. The highest BCUT2D eigenvalue weighted by Crippen LogP contribution is 2.33. The fraction of sp³-hybridized carbons (Fsp3) is 0.192. The zero-order chi connectivity index (χ0) is 23.2. The molecule has 0 N–H and O–H groups in total. The van der Waals surface area contributed by atoms with E-state index < -0.39 is 0 Å². The highest BCUT2D eigenvalue weighted by molar-refractivity contribution is 7.18. The third-order valence-corrected chi connectivity index (χ3v) is 8.43. The summed E-state index contributed by atoms with van der Waals surface area (Å²) in [6.07, 6.45) is 4.27. The van der Waals surface area contributed by atoms with Gasteiger partial charge in [0.1, 0.15) is 10.7 Å². The molecule has 0 amide bonds. The van der Waals surface area contributed by atoms with Crippen LogP contribution in [0, 0.1) is 6.92 Å². The van der Waals surface area contributed by atoms with E-state index in [2.05, 4.69) is 22.1 Å². The van der Waals surface area contributed by atoms with Gasteiger partial charge in [-0.3, -0.25) is 9.36 Å². The number of fused-ring (bicyclic) bond motifs is 3. The largest absolute Gasteiger partial charge is 0.284 e. The van der Waals surface area contributed by atoms with Crippen LogP contribution in [0.5, 0.6) is 0 Å². The number of hydrogen-bond acceptors (Lipinski definition) is 5. The summed E-state index contributed by atoms with van der Waals surface area (Å²) in [5, 5.41) is 8.34. The van der Waals surface area contributed by atoms with Crippen molar-refractivity contribution in [2.75, 3.05) is 0 Å². The average molecular weight is 505 g/mol. The molecule has 0 fully saturated rings. The van der Waals surface area contributed by atoms with Gasteiger partial charge in [-0.25, -0.2) is 4.98 Å². The Bertz CT molecular complexity index is 1640. The van der Waals surface area contributed by atoms with Gasteiger partial charge in [0, 0.05) is 21.0 Å². The van der Waals surface area contributed by atoms with E-state index in [1.807, 2.05) is 49.4 Å². The maximum absolute atomic E-state index is 13.7. The first kappa shape index (κ1) is 21.5. The number of nitrogens with zero attached hydrogens (tertiary/aromatic N) is 4. The van der Waals surface area contributed by atoms with Gasteiger partial charge in [0.25, 0.3) is 5.56 Å². The van der Waals surface area contributed by atoms with E-state index in [1.165, 1.54) is 32.9 Å². The molecule has 34 heavy (non-hydrogen) atoms. The maximum atomic E-state index is 13.7. The van der Waals surface area contributed by atoms with E-state index in [1.54, 1.807) is 11.3 Å². The van der Waals surface area contributed by atoms with Gasteiger partial charge in [-0.2, -0.15) is 4.68 Å². The molecule has 2 aromatic carbocycles. The Hall–Kier alpha value is -3.00. The molecule has 5 aromatic rings. The molecule has 0 aliphatic heterocycles. The predicted octanol–water partition coefficient (Wildman–Crippen LogP) is 6.18. The van der Waals surface area contributed by atoms with Gasteiger partial charge in [0.15, 0.2) is 0 Å². The van der Waals surface area contributed by atoms with Crippen molar-refractivity contribution in [3.63, 3.8) is 0 Å². The van der Waals surface area contributed by atoms with Crippen molar-refractivity contribution in [3.05, 3.63) is 96.4 Å². The van der Waals surface area contributed by atoms with Crippen LogP contribution in [0.15, 0.2) is 69.9 Å². The number of aromatic nitrogens is 3. The Morgan fingerprint density at radius 3 is 2.59 bits per heavy atom. The first-order valence-corrected chi connectivity index (χ1v) is 13.3. The first-order valence-electron chi connectivity index (χ1n) is 11.2. The zero-order valence-corrected chi connectivity index (χ0v) is 20.9. The zero-order valence-electron chi connectivity index (χ0n) is 18.5. The van der Waals surface area contributed by atoms with Crippen molar-refractivity contribution in [2.45, 2.75) is 32.6 Å². The molecule has 0 radical (unpaired) electrons. The van der Waals surface area contributed by atoms with E-state index in [9.17, 15) is 4.79 Å². The number of aryl methyl sites for hydroxylation is 3. The Morgan fingerprint density at radius 2 is 1.79 bits per heavy atom. The van der Waals surface area contributed by atoms with Gasteiger partial charge in [-0.15, -0.1) is 27.8 Å². The Morgan fingerprint density at radius 1 is 1.03 bits per heavy atom. The Kier molecular flexibility index (Phi) is 5.48. The SMILES string of the molecule is Cc1nc2sc3c(c2c(=O)n1/N=c1\scc(-c2ccccc2)n1-c1ccc(Cl)cc1)CCCC3. The second-order valence-electron chi connectivity index (χ2n) is 8.35. The molecule has 3 heterocycles. The average Bonchev–Trinajstić information content (AvgIpc) is 3.44. The van der Waals surface area contributed by atoms with Gasteiger partial charge in [0.05, 0.1) is 11.1 Å². The Labute approximate surface area is 209 Å². The lowest BCUT2D eigenvalue weighted by atomic mass is 9.97. The van der Waals surface area contributed by atoms with Crippen molar-refractivity contribution in [1.82, 2.24) is 14.2 Å². The quantitative estimate of drug-likeness (QED) is 0.294. The molecular formula is C26H21ClN4OS2. The minimum Gasteiger partial charge on any atom is -0.284 e. The molecule has 1 aliphatic carbocycles. The summed E-state index contributed by atoms with van der Waals surface area (Å²) in [7, 11) is 0. The third-order valence-electron chi connectivity index (χ3n) is 6.18. The molecule has 0 unspecified atom stereocenters. The second-order valence-corrected chi connectivity index (χ2v) is 10.7. The van der Waals surface area contributed by atoms with Crippen molar-refractivity contribution >= 4 is 44.5 Å². The van der Waals surface area contributed by atoms with Gasteiger partial charge >= 0.3 is 0 Å². The van der Waals surface area contributed by atoms with Crippen molar-refractivity contribution in [3.8, 4) is 16.9 Å². The van der Waals surface area contributed by atoms with Crippen molar-refractivity contribution in [1.29, 1.82) is 0 Å². The molecule has 5 nitrogen and oxygen atoms in total. The fourth-order valence-corrected chi connectivity index (χ4v) is 6.85. The smallest absolute Gasteiger partial charge is 0.283 e. The molecular weight excluding hydrogens is 484 g/mol. The van der Waals surface area contributed by atoms with E-state index >= 15 is 0 Å². The lowest BCUT2D eigenvalue weighted by molar-refractivity contribution is 0.696. The lowest BCUT2D eigenvalue weighted by Crippen LogP contribution is -2.25. The standard InChI is InChI=1S/C26H21ClN4OS2/c1-16-28-24-23(20-9-5-6-10-22(20)34-24)25(32)31(16)29-26-30(19-13-11-18(27)12-14-19)21(15-33-26)17-7-3-2-4-8-17/h2-4,7-8,11-15H,5-6,9-10H2,1H3/b29-26-. The summed E-state index contributed by atoms with van der Waals surface area (Å²) in [5.41, 5.74) is 4.09. The van der Waals surface area contributed by atoms with Crippen LogP contribution < -0.4 is 10.4 Å². The van der Waals surface area contributed by atoms with Crippen LogP contribution in [0.25, 0.3) is 27.2 Å². The summed E-state index contributed by atoms with van der Waals surface area (Å²) in [5.74, 6) is 0.591. The van der Waals surface area contributed by atoms with E-state index in [-0.39, 0.29) is 5.56 Å². The fourth-order valence-electron chi connectivity index (χ4n) is 4.53. The number of benzene rings is 2. The van der Waals surface area contributed by atoms with Crippen molar-refractivity contribution < 1.29 is 0 Å². The molecule has 0 spiro atoms. The topological polar surface area (TPSA) is 52.2 Å². The first-order chi connectivity index (χ1) is 16.6. The summed E-state index contributed by atoms with van der Waals surface area (Å²) >= 11 is 9.32. The molecule has 6 rings (SSSR count). The number of rotatable bonds is 3. The van der Waals surface area contributed by atoms with Crippen LogP contribution in [0.3, 0.4) is 0 Å². The molecule has 0 saturated carbocycles. The summed E-state index contributed by atoms with van der Waals surface area (Å²) < 4.78 is 3.53. The van der Waals surface area contributed by atoms with Crippen LogP contribution in [0.4, 0.5) is 0 Å². The van der Waals surface area contributed by atoms with E-state index in [0.29, 0.717) is 15.6 Å². The minimum atomic E-state index is -0.0841. The third kappa shape index (κ3) is 3.64. The maximum Gasteiger partial charge on any atom is 0.283 e. The highest BCUT2D eigenvalue weighted by atomic mass is 35.5. The van der Waals surface area contributed by atoms with Crippen LogP contribution in [-0.2, 0) is 12.8 Å². The van der Waals surface area contributed by atoms with Crippen LogP contribution in [0.2, 0.25) is 5.02 Å². The number of thiazole rings is 1. The summed E-state index contributed by atoms with van der Waals surface area (Å²) in [6, 6.07) is 17.8. The number of hydrogen-bond donors (Lipinski definition) is 0. The molecule has 0 atom stereocenters. The van der Waals surface area contributed by atoms with Crippen LogP contribution >= 0.6 is 34.3 Å². The van der Waals surface area contributed by atoms with E-state index in [0.717, 1.165) is 46.4 Å². The highest BCUT2D eigenvalue weighted by Gasteiger charge is 2.21. The predicted molar refractivity (Wildman–Crippen MR) is 140 cm³/mol.